The van der Waals surface area contributed by atoms with E-state index in [0.717, 1.165) is 45.6 Å². The van der Waals surface area contributed by atoms with E-state index < -0.39 is 0 Å². The van der Waals surface area contributed by atoms with E-state index in [-0.39, 0.29) is 5.91 Å². The molecule has 0 saturated heterocycles. The number of carbonyl (C=O) groups is 1. The standard InChI is InChI=1S/C17H22N4OS/c1-19-12-18-14-11-20(6-2-15(14)19)7-4-17(22)21-8-3-16-13(10-21)5-9-23-16/h5,9,12H,2-4,6-8,10-11H2,1H3. The molecule has 0 radical (unpaired) electrons. The van der Waals surface area contributed by atoms with E-state index >= 15 is 0 Å². The minimum absolute atomic E-state index is 0.286. The number of imidazole rings is 1. The lowest BCUT2D eigenvalue weighted by atomic mass is 10.1. The van der Waals surface area contributed by atoms with Crippen molar-refractivity contribution in [3.8, 4) is 0 Å². The van der Waals surface area contributed by atoms with Crippen LogP contribution in [0, 0.1) is 0 Å². The van der Waals surface area contributed by atoms with Crippen molar-refractivity contribution >= 4 is 17.2 Å². The van der Waals surface area contributed by atoms with Gasteiger partial charge in [0, 0.05) is 63.2 Å². The van der Waals surface area contributed by atoms with Crippen molar-refractivity contribution < 1.29 is 4.79 Å². The fraction of sp³-hybridized carbons (Fsp3) is 0.529. The molecule has 2 aromatic heterocycles. The Hall–Kier alpha value is -1.66. The predicted octanol–water partition coefficient (Wildman–Crippen LogP) is 1.81. The van der Waals surface area contributed by atoms with Crippen molar-refractivity contribution in [3.63, 3.8) is 0 Å². The van der Waals surface area contributed by atoms with Crippen LogP contribution in [0.3, 0.4) is 0 Å². The number of hydrogen-bond acceptors (Lipinski definition) is 4. The van der Waals surface area contributed by atoms with Crippen molar-refractivity contribution in [2.45, 2.75) is 32.4 Å². The zero-order valence-corrected chi connectivity index (χ0v) is 14.3. The third-order valence-electron chi connectivity index (χ3n) is 4.99. The van der Waals surface area contributed by atoms with Crippen molar-refractivity contribution in [2.24, 2.45) is 7.05 Å². The number of rotatable bonds is 3. The lowest BCUT2D eigenvalue weighted by molar-refractivity contribution is -0.132. The summed E-state index contributed by atoms with van der Waals surface area (Å²) in [5.74, 6) is 0.286. The Kier molecular flexibility index (Phi) is 3.95. The van der Waals surface area contributed by atoms with Gasteiger partial charge in [0.2, 0.25) is 5.91 Å². The maximum absolute atomic E-state index is 12.5. The topological polar surface area (TPSA) is 41.4 Å². The van der Waals surface area contributed by atoms with E-state index in [0.29, 0.717) is 6.42 Å². The second-order valence-electron chi connectivity index (χ2n) is 6.46. The van der Waals surface area contributed by atoms with Crippen molar-refractivity contribution in [1.29, 1.82) is 0 Å². The second kappa shape index (κ2) is 6.09. The molecule has 2 aliphatic heterocycles. The zero-order chi connectivity index (χ0) is 15.8. The second-order valence-corrected chi connectivity index (χ2v) is 7.46. The molecule has 122 valence electrons. The molecule has 2 aromatic rings. The van der Waals surface area contributed by atoms with E-state index in [2.05, 4.69) is 32.9 Å². The average molecular weight is 330 g/mol. The number of hydrogen-bond donors (Lipinski definition) is 0. The first-order valence-electron chi connectivity index (χ1n) is 8.25. The molecule has 5 nitrogen and oxygen atoms in total. The SMILES string of the molecule is Cn1cnc2c1CCN(CCC(=O)N1CCc3sccc3C1)C2. The van der Waals surface area contributed by atoms with Gasteiger partial charge in [-0.05, 0) is 23.4 Å². The summed E-state index contributed by atoms with van der Waals surface area (Å²) < 4.78 is 2.12. The molecule has 4 rings (SSSR count). The molecule has 0 aromatic carbocycles. The van der Waals surface area contributed by atoms with Crippen LogP contribution < -0.4 is 0 Å². The van der Waals surface area contributed by atoms with Gasteiger partial charge < -0.3 is 9.47 Å². The molecule has 0 spiro atoms. The van der Waals surface area contributed by atoms with Crippen molar-refractivity contribution in [2.75, 3.05) is 19.6 Å². The van der Waals surface area contributed by atoms with Gasteiger partial charge in [-0.2, -0.15) is 0 Å². The smallest absolute Gasteiger partial charge is 0.224 e. The number of amides is 1. The van der Waals surface area contributed by atoms with E-state index in [4.69, 9.17) is 0 Å². The van der Waals surface area contributed by atoms with Gasteiger partial charge in [0.1, 0.15) is 0 Å². The lowest BCUT2D eigenvalue weighted by Gasteiger charge is -2.30. The van der Waals surface area contributed by atoms with E-state index in [1.807, 2.05) is 22.6 Å². The molecule has 1 amide bonds. The summed E-state index contributed by atoms with van der Waals surface area (Å²) in [6, 6.07) is 2.16. The summed E-state index contributed by atoms with van der Waals surface area (Å²) in [5, 5.41) is 2.14. The Morgan fingerprint density at radius 1 is 1.30 bits per heavy atom. The molecule has 0 unspecified atom stereocenters. The predicted molar refractivity (Wildman–Crippen MR) is 90.2 cm³/mol. The summed E-state index contributed by atoms with van der Waals surface area (Å²) in [6.07, 6.45) is 4.55. The molecule has 4 heterocycles. The highest BCUT2D eigenvalue weighted by Gasteiger charge is 2.24. The molecule has 2 aliphatic rings. The number of thiophene rings is 1. The lowest BCUT2D eigenvalue weighted by Crippen LogP contribution is -2.38. The molecule has 6 heteroatoms. The summed E-state index contributed by atoms with van der Waals surface area (Å²) in [6.45, 7) is 4.40. The van der Waals surface area contributed by atoms with Gasteiger partial charge in [0.05, 0.1) is 12.0 Å². The number of aryl methyl sites for hydroxylation is 1. The van der Waals surface area contributed by atoms with Crippen LogP contribution in [-0.4, -0.2) is 44.9 Å². The first-order chi connectivity index (χ1) is 11.2. The molecule has 0 bridgehead atoms. The van der Waals surface area contributed by atoms with Gasteiger partial charge in [-0.15, -0.1) is 11.3 Å². The Bertz CT molecular complexity index is 720. The molecular formula is C17H22N4OS. The van der Waals surface area contributed by atoms with Gasteiger partial charge in [-0.1, -0.05) is 0 Å². The summed E-state index contributed by atoms with van der Waals surface area (Å²) in [5.41, 5.74) is 3.85. The highest BCUT2D eigenvalue weighted by atomic mass is 32.1. The average Bonchev–Trinajstić information content (AvgIpc) is 3.18. The highest BCUT2D eigenvalue weighted by molar-refractivity contribution is 7.10. The quantitative estimate of drug-likeness (QED) is 0.862. The minimum atomic E-state index is 0.286. The molecule has 0 N–H and O–H groups in total. The zero-order valence-electron chi connectivity index (χ0n) is 13.5. The van der Waals surface area contributed by atoms with Crippen LogP contribution in [0.5, 0.6) is 0 Å². The van der Waals surface area contributed by atoms with Crippen LogP contribution in [0.4, 0.5) is 0 Å². The summed E-state index contributed by atoms with van der Waals surface area (Å²) in [7, 11) is 2.06. The number of nitrogens with zero attached hydrogens (tertiary/aromatic N) is 4. The molecule has 0 atom stereocenters. The van der Waals surface area contributed by atoms with Gasteiger partial charge in [-0.3, -0.25) is 9.69 Å². The summed E-state index contributed by atoms with van der Waals surface area (Å²) >= 11 is 1.82. The van der Waals surface area contributed by atoms with Crippen LogP contribution >= 0.6 is 11.3 Å². The van der Waals surface area contributed by atoms with Gasteiger partial charge in [0.25, 0.3) is 0 Å². The van der Waals surface area contributed by atoms with Crippen LogP contribution in [0.25, 0.3) is 0 Å². The monoisotopic (exact) mass is 330 g/mol. The fourth-order valence-electron chi connectivity index (χ4n) is 3.58. The van der Waals surface area contributed by atoms with Gasteiger partial charge in [-0.25, -0.2) is 4.98 Å². The van der Waals surface area contributed by atoms with Crippen LogP contribution in [0.2, 0.25) is 0 Å². The van der Waals surface area contributed by atoms with Gasteiger partial charge in [0.15, 0.2) is 0 Å². The number of aromatic nitrogens is 2. The Labute approximate surface area is 140 Å². The minimum Gasteiger partial charge on any atom is -0.338 e. The van der Waals surface area contributed by atoms with Crippen molar-refractivity contribution in [3.05, 3.63) is 39.6 Å². The highest BCUT2D eigenvalue weighted by Crippen LogP contribution is 2.24. The molecule has 0 saturated carbocycles. The van der Waals surface area contributed by atoms with Gasteiger partial charge >= 0.3 is 0 Å². The first kappa shape index (κ1) is 14.9. The number of fused-ring (bicyclic) bond motifs is 2. The third-order valence-corrected chi connectivity index (χ3v) is 6.01. The maximum Gasteiger partial charge on any atom is 0.224 e. The molecular weight excluding hydrogens is 308 g/mol. The molecule has 23 heavy (non-hydrogen) atoms. The maximum atomic E-state index is 12.5. The first-order valence-corrected chi connectivity index (χ1v) is 9.13. The van der Waals surface area contributed by atoms with Crippen LogP contribution in [0.15, 0.2) is 17.8 Å². The summed E-state index contributed by atoms with van der Waals surface area (Å²) in [4.78, 5) is 22.8. The van der Waals surface area contributed by atoms with E-state index in [1.54, 1.807) is 0 Å². The Balaban J connectivity index is 1.31. The van der Waals surface area contributed by atoms with E-state index in [1.165, 1.54) is 21.8 Å². The van der Waals surface area contributed by atoms with Crippen LogP contribution in [-0.2, 0) is 37.8 Å². The van der Waals surface area contributed by atoms with E-state index in [9.17, 15) is 4.79 Å². The molecule has 0 fully saturated rings. The number of carbonyl (C=O) groups excluding carboxylic acids is 1. The third kappa shape index (κ3) is 2.93. The largest absolute Gasteiger partial charge is 0.338 e. The van der Waals surface area contributed by atoms with Crippen LogP contribution in [0.1, 0.15) is 28.2 Å². The normalized spacial score (nSPS) is 17.9. The fourth-order valence-corrected chi connectivity index (χ4v) is 4.47. The Morgan fingerprint density at radius 2 is 2.22 bits per heavy atom. The molecule has 0 aliphatic carbocycles. The van der Waals surface area contributed by atoms with Crippen molar-refractivity contribution in [1.82, 2.24) is 19.4 Å². The Morgan fingerprint density at radius 3 is 3.13 bits per heavy atom.